The summed E-state index contributed by atoms with van der Waals surface area (Å²) in [6.45, 7) is 0.481. The lowest BCUT2D eigenvalue weighted by atomic mass is 10.3. The summed E-state index contributed by atoms with van der Waals surface area (Å²) in [6.07, 6.45) is 1.74. The van der Waals surface area contributed by atoms with Gasteiger partial charge in [0, 0.05) is 5.33 Å². The van der Waals surface area contributed by atoms with Gasteiger partial charge < -0.3 is 4.74 Å². The number of para-hydroxylation sites is 1. The fourth-order valence-corrected chi connectivity index (χ4v) is 2.91. The molecule has 2 aromatic heterocycles. The summed E-state index contributed by atoms with van der Waals surface area (Å²) in [5, 5.41) is 1.73. The standard InChI is InChI=1S/C14H11BrN2OS/c15-7-10-5-6-11(8-16-10)18-9-14-17-12-3-1-2-4-13(12)19-14/h1-6,8H,7,9H2. The lowest BCUT2D eigenvalue weighted by Gasteiger charge is -2.03. The first-order chi connectivity index (χ1) is 9.35. The third-order valence-electron chi connectivity index (χ3n) is 2.64. The Hall–Kier alpha value is -1.46. The van der Waals surface area contributed by atoms with Gasteiger partial charge in [-0.1, -0.05) is 28.1 Å². The van der Waals surface area contributed by atoms with Crippen molar-refractivity contribution in [2.24, 2.45) is 0 Å². The Labute approximate surface area is 123 Å². The monoisotopic (exact) mass is 334 g/mol. The van der Waals surface area contributed by atoms with Crippen molar-refractivity contribution in [1.82, 2.24) is 9.97 Å². The number of alkyl halides is 1. The smallest absolute Gasteiger partial charge is 0.140 e. The fourth-order valence-electron chi connectivity index (χ4n) is 1.70. The molecular formula is C14H11BrN2OS. The number of benzene rings is 1. The molecule has 0 saturated heterocycles. The van der Waals surface area contributed by atoms with Crippen molar-refractivity contribution in [3.8, 4) is 5.75 Å². The van der Waals surface area contributed by atoms with E-state index in [1.165, 1.54) is 4.70 Å². The summed E-state index contributed by atoms with van der Waals surface area (Å²) in [4.78, 5) is 8.79. The first-order valence-corrected chi connectivity index (χ1v) is 7.77. The van der Waals surface area contributed by atoms with Crippen LogP contribution in [0.5, 0.6) is 5.75 Å². The van der Waals surface area contributed by atoms with Crippen LogP contribution >= 0.6 is 27.3 Å². The van der Waals surface area contributed by atoms with Crippen LogP contribution in [0.25, 0.3) is 10.2 Å². The van der Waals surface area contributed by atoms with Crippen molar-refractivity contribution < 1.29 is 4.74 Å². The van der Waals surface area contributed by atoms with Crippen LogP contribution in [0.3, 0.4) is 0 Å². The maximum absolute atomic E-state index is 5.69. The topological polar surface area (TPSA) is 35.0 Å². The van der Waals surface area contributed by atoms with Gasteiger partial charge >= 0.3 is 0 Å². The predicted octanol–water partition coefficient (Wildman–Crippen LogP) is 4.17. The maximum atomic E-state index is 5.69. The number of hydrogen-bond acceptors (Lipinski definition) is 4. The van der Waals surface area contributed by atoms with Crippen LogP contribution in [0.4, 0.5) is 0 Å². The zero-order valence-electron chi connectivity index (χ0n) is 10.0. The summed E-state index contributed by atoms with van der Waals surface area (Å²) in [7, 11) is 0. The molecule has 0 fully saturated rings. The molecule has 2 heterocycles. The number of halogens is 1. The molecular weight excluding hydrogens is 324 g/mol. The van der Waals surface area contributed by atoms with Crippen molar-refractivity contribution in [3.05, 3.63) is 53.3 Å². The van der Waals surface area contributed by atoms with Gasteiger partial charge in [0.25, 0.3) is 0 Å². The number of rotatable bonds is 4. The second-order valence-electron chi connectivity index (χ2n) is 3.98. The van der Waals surface area contributed by atoms with E-state index in [9.17, 15) is 0 Å². The Morgan fingerprint density at radius 3 is 2.79 bits per heavy atom. The van der Waals surface area contributed by atoms with Crippen molar-refractivity contribution in [3.63, 3.8) is 0 Å². The van der Waals surface area contributed by atoms with Crippen LogP contribution in [0.15, 0.2) is 42.6 Å². The SMILES string of the molecule is BrCc1ccc(OCc2nc3ccccc3s2)cn1. The number of aromatic nitrogens is 2. The fraction of sp³-hybridized carbons (Fsp3) is 0.143. The minimum atomic E-state index is 0.481. The van der Waals surface area contributed by atoms with Crippen LogP contribution in [0.1, 0.15) is 10.7 Å². The number of thiazole rings is 1. The molecule has 0 atom stereocenters. The van der Waals surface area contributed by atoms with Gasteiger partial charge in [-0.05, 0) is 24.3 Å². The normalized spacial score (nSPS) is 10.8. The highest BCUT2D eigenvalue weighted by atomic mass is 79.9. The van der Waals surface area contributed by atoms with Crippen LogP contribution < -0.4 is 4.74 Å². The minimum absolute atomic E-state index is 0.481. The number of hydrogen-bond donors (Lipinski definition) is 0. The molecule has 0 aliphatic carbocycles. The highest BCUT2D eigenvalue weighted by Crippen LogP contribution is 2.22. The molecule has 19 heavy (non-hydrogen) atoms. The predicted molar refractivity (Wildman–Crippen MR) is 80.8 cm³/mol. The quantitative estimate of drug-likeness (QED) is 0.672. The van der Waals surface area contributed by atoms with E-state index in [2.05, 4.69) is 32.0 Å². The van der Waals surface area contributed by atoms with E-state index < -0.39 is 0 Å². The van der Waals surface area contributed by atoms with E-state index in [0.717, 1.165) is 27.3 Å². The Balaban J connectivity index is 1.70. The van der Waals surface area contributed by atoms with Gasteiger partial charge in [-0.3, -0.25) is 4.98 Å². The lowest BCUT2D eigenvalue weighted by molar-refractivity contribution is 0.304. The van der Waals surface area contributed by atoms with Crippen molar-refractivity contribution in [1.29, 1.82) is 0 Å². The molecule has 5 heteroatoms. The highest BCUT2D eigenvalue weighted by molar-refractivity contribution is 9.08. The Bertz CT molecular complexity index is 648. The first kappa shape index (κ1) is 12.6. The number of fused-ring (bicyclic) bond motifs is 1. The molecule has 0 unspecified atom stereocenters. The molecule has 0 amide bonds. The van der Waals surface area contributed by atoms with Gasteiger partial charge in [0.05, 0.1) is 22.1 Å². The molecule has 0 saturated carbocycles. The van der Waals surface area contributed by atoms with Crippen molar-refractivity contribution >= 4 is 37.5 Å². The molecule has 96 valence electrons. The van der Waals surface area contributed by atoms with Crippen molar-refractivity contribution in [2.45, 2.75) is 11.9 Å². The van der Waals surface area contributed by atoms with E-state index in [0.29, 0.717) is 6.61 Å². The van der Waals surface area contributed by atoms with E-state index in [-0.39, 0.29) is 0 Å². The van der Waals surface area contributed by atoms with Gasteiger partial charge in [-0.15, -0.1) is 11.3 Å². The van der Waals surface area contributed by atoms with E-state index in [4.69, 9.17) is 4.74 Å². The molecule has 0 N–H and O–H groups in total. The van der Waals surface area contributed by atoms with Gasteiger partial charge in [0.1, 0.15) is 17.4 Å². The van der Waals surface area contributed by atoms with Crippen LogP contribution in [-0.2, 0) is 11.9 Å². The second kappa shape index (κ2) is 5.67. The van der Waals surface area contributed by atoms with E-state index >= 15 is 0 Å². The summed E-state index contributed by atoms with van der Waals surface area (Å²) in [5.41, 5.74) is 2.02. The zero-order valence-corrected chi connectivity index (χ0v) is 12.4. The molecule has 0 radical (unpaired) electrons. The molecule has 1 aromatic carbocycles. The average molecular weight is 335 g/mol. The van der Waals surface area contributed by atoms with Gasteiger partial charge in [0.2, 0.25) is 0 Å². The maximum Gasteiger partial charge on any atom is 0.140 e. The van der Waals surface area contributed by atoms with Crippen molar-refractivity contribution in [2.75, 3.05) is 0 Å². The lowest BCUT2D eigenvalue weighted by Crippen LogP contribution is -1.95. The molecule has 3 rings (SSSR count). The summed E-state index contributed by atoms with van der Waals surface area (Å²) >= 11 is 5.03. The first-order valence-electron chi connectivity index (χ1n) is 5.83. The van der Waals surface area contributed by atoms with Crippen LogP contribution in [0, 0.1) is 0 Å². The zero-order chi connectivity index (χ0) is 13.1. The number of ether oxygens (including phenoxy) is 1. The molecule has 0 aliphatic rings. The third-order valence-corrected chi connectivity index (χ3v) is 4.22. The molecule has 0 aliphatic heterocycles. The number of pyridine rings is 1. The van der Waals surface area contributed by atoms with Gasteiger partial charge in [-0.2, -0.15) is 0 Å². The van der Waals surface area contributed by atoms with Gasteiger partial charge in [-0.25, -0.2) is 4.98 Å². The Morgan fingerprint density at radius 1 is 1.16 bits per heavy atom. The molecule has 3 nitrogen and oxygen atoms in total. The summed E-state index contributed by atoms with van der Waals surface area (Å²) in [5.74, 6) is 0.768. The largest absolute Gasteiger partial charge is 0.485 e. The Kier molecular flexibility index (Phi) is 3.75. The minimum Gasteiger partial charge on any atom is -0.485 e. The van der Waals surface area contributed by atoms with E-state index in [1.54, 1.807) is 17.5 Å². The average Bonchev–Trinajstić information content (AvgIpc) is 2.88. The van der Waals surface area contributed by atoms with Crippen LogP contribution in [-0.4, -0.2) is 9.97 Å². The Morgan fingerprint density at radius 2 is 2.05 bits per heavy atom. The molecule has 0 bridgehead atoms. The number of nitrogens with zero attached hydrogens (tertiary/aromatic N) is 2. The van der Waals surface area contributed by atoms with E-state index in [1.807, 2.05) is 30.3 Å². The van der Waals surface area contributed by atoms with Gasteiger partial charge in [0.15, 0.2) is 0 Å². The van der Waals surface area contributed by atoms with Crippen LogP contribution in [0.2, 0.25) is 0 Å². The summed E-state index contributed by atoms with van der Waals surface area (Å²) in [6, 6.07) is 12.0. The summed E-state index contributed by atoms with van der Waals surface area (Å²) < 4.78 is 6.88. The molecule has 3 aromatic rings. The highest BCUT2D eigenvalue weighted by Gasteiger charge is 2.04. The second-order valence-corrected chi connectivity index (χ2v) is 5.66. The third kappa shape index (κ3) is 2.93. The molecule has 0 spiro atoms.